The molecule has 0 spiro atoms. The first-order valence-corrected chi connectivity index (χ1v) is 10.0. The zero-order valence-corrected chi connectivity index (χ0v) is 17.1. The standard InChI is InChI=1S/C25H23NO5/c1-30-17-8-6-7-16(13-17)23(14-24(27)28)26-25(29)31-15-22-20-11-4-2-9-18(20)19-10-3-5-12-21(19)22/h2-13,22-23H,14-15H2,1H3,(H,26,29)(H,27,28)/t23-/m1/s1. The van der Waals surface area contributed by atoms with Crippen molar-refractivity contribution < 1.29 is 24.2 Å². The van der Waals surface area contributed by atoms with E-state index in [0.717, 1.165) is 22.3 Å². The molecule has 1 aliphatic carbocycles. The fraction of sp³-hybridized carbons (Fsp3) is 0.200. The molecule has 0 fully saturated rings. The number of rotatable bonds is 7. The van der Waals surface area contributed by atoms with E-state index >= 15 is 0 Å². The largest absolute Gasteiger partial charge is 0.497 e. The average molecular weight is 417 g/mol. The van der Waals surface area contributed by atoms with Crippen molar-refractivity contribution in [1.82, 2.24) is 5.32 Å². The number of carbonyl (C=O) groups is 2. The van der Waals surface area contributed by atoms with Crippen molar-refractivity contribution in [2.75, 3.05) is 13.7 Å². The summed E-state index contributed by atoms with van der Waals surface area (Å²) in [5, 5.41) is 12.0. The number of ether oxygens (including phenoxy) is 2. The Morgan fingerprint density at radius 2 is 1.61 bits per heavy atom. The summed E-state index contributed by atoms with van der Waals surface area (Å²) >= 11 is 0. The lowest BCUT2D eigenvalue weighted by molar-refractivity contribution is -0.137. The lowest BCUT2D eigenvalue weighted by Gasteiger charge is -2.19. The van der Waals surface area contributed by atoms with Gasteiger partial charge >= 0.3 is 12.1 Å². The lowest BCUT2D eigenvalue weighted by atomic mass is 9.98. The average Bonchev–Trinajstić information content (AvgIpc) is 3.11. The highest BCUT2D eigenvalue weighted by Gasteiger charge is 2.29. The molecule has 0 saturated carbocycles. The van der Waals surface area contributed by atoms with E-state index in [2.05, 4.69) is 17.4 Å². The summed E-state index contributed by atoms with van der Waals surface area (Å²) in [7, 11) is 1.53. The summed E-state index contributed by atoms with van der Waals surface area (Å²) in [4.78, 5) is 23.9. The fourth-order valence-corrected chi connectivity index (χ4v) is 4.07. The molecule has 2 N–H and O–H groups in total. The highest BCUT2D eigenvalue weighted by Crippen LogP contribution is 2.44. The third kappa shape index (κ3) is 4.38. The van der Waals surface area contributed by atoms with Crippen LogP contribution in [0.25, 0.3) is 11.1 Å². The van der Waals surface area contributed by atoms with Gasteiger partial charge in [0.15, 0.2) is 0 Å². The molecule has 158 valence electrons. The second-order valence-electron chi connectivity index (χ2n) is 7.40. The molecular weight excluding hydrogens is 394 g/mol. The van der Waals surface area contributed by atoms with E-state index in [9.17, 15) is 14.7 Å². The Labute approximate surface area is 180 Å². The second kappa shape index (κ2) is 8.92. The Morgan fingerprint density at radius 3 is 2.23 bits per heavy atom. The second-order valence-corrected chi connectivity index (χ2v) is 7.40. The molecule has 31 heavy (non-hydrogen) atoms. The molecule has 1 atom stereocenters. The summed E-state index contributed by atoms with van der Waals surface area (Å²) in [5.41, 5.74) is 5.16. The van der Waals surface area contributed by atoms with Gasteiger partial charge in [0, 0.05) is 5.92 Å². The number of hydrogen-bond donors (Lipinski definition) is 2. The lowest BCUT2D eigenvalue weighted by Crippen LogP contribution is -2.31. The number of aliphatic carboxylic acids is 1. The van der Waals surface area contributed by atoms with Crippen LogP contribution in [0.2, 0.25) is 0 Å². The Balaban J connectivity index is 1.48. The van der Waals surface area contributed by atoms with Gasteiger partial charge in [-0.2, -0.15) is 0 Å². The van der Waals surface area contributed by atoms with Crippen molar-refractivity contribution in [3.8, 4) is 16.9 Å². The number of methoxy groups -OCH3 is 1. The number of nitrogens with one attached hydrogen (secondary N) is 1. The summed E-state index contributed by atoms with van der Waals surface area (Å²) in [6.07, 6.45) is -0.923. The normalized spacial score (nSPS) is 13.1. The Morgan fingerprint density at radius 1 is 0.968 bits per heavy atom. The number of hydrogen-bond acceptors (Lipinski definition) is 4. The summed E-state index contributed by atoms with van der Waals surface area (Å²) in [5.74, 6) is -0.498. The van der Waals surface area contributed by atoms with Crippen LogP contribution in [-0.2, 0) is 9.53 Å². The van der Waals surface area contributed by atoms with Gasteiger partial charge in [0.25, 0.3) is 0 Å². The van der Waals surface area contributed by atoms with Crippen LogP contribution in [0.3, 0.4) is 0 Å². The smallest absolute Gasteiger partial charge is 0.407 e. The van der Waals surface area contributed by atoms with E-state index in [1.54, 1.807) is 24.3 Å². The molecule has 0 heterocycles. The number of carbonyl (C=O) groups excluding carboxylic acids is 1. The molecule has 0 saturated heterocycles. The molecule has 3 aromatic carbocycles. The maximum atomic E-state index is 12.6. The first kappa shape index (κ1) is 20.5. The van der Waals surface area contributed by atoms with E-state index < -0.39 is 18.1 Å². The minimum atomic E-state index is -1.02. The van der Waals surface area contributed by atoms with Crippen molar-refractivity contribution in [2.45, 2.75) is 18.4 Å². The van der Waals surface area contributed by atoms with Crippen molar-refractivity contribution in [3.05, 3.63) is 89.5 Å². The third-order valence-corrected chi connectivity index (χ3v) is 5.51. The quantitative estimate of drug-likeness (QED) is 0.580. The van der Waals surface area contributed by atoms with Crippen LogP contribution in [0.15, 0.2) is 72.8 Å². The van der Waals surface area contributed by atoms with Gasteiger partial charge < -0.3 is 19.9 Å². The molecule has 6 heteroatoms. The Bertz CT molecular complexity index is 1060. The Kier molecular flexibility index (Phi) is 5.89. The highest BCUT2D eigenvalue weighted by atomic mass is 16.5. The van der Waals surface area contributed by atoms with E-state index in [0.29, 0.717) is 11.3 Å². The van der Waals surface area contributed by atoms with Crippen LogP contribution in [0.4, 0.5) is 4.79 Å². The molecule has 0 aromatic heterocycles. The van der Waals surface area contributed by atoms with Gasteiger partial charge in [0.2, 0.25) is 0 Å². The predicted octanol–water partition coefficient (Wildman–Crippen LogP) is 4.75. The van der Waals surface area contributed by atoms with Crippen LogP contribution in [0.5, 0.6) is 5.75 Å². The number of benzene rings is 3. The van der Waals surface area contributed by atoms with E-state index in [-0.39, 0.29) is 18.9 Å². The van der Waals surface area contributed by atoms with Gasteiger partial charge in [-0.3, -0.25) is 4.79 Å². The predicted molar refractivity (Wildman–Crippen MR) is 116 cm³/mol. The maximum Gasteiger partial charge on any atom is 0.407 e. The third-order valence-electron chi connectivity index (χ3n) is 5.51. The minimum Gasteiger partial charge on any atom is -0.497 e. The zero-order chi connectivity index (χ0) is 21.8. The van der Waals surface area contributed by atoms with Crippen LogP contribution in [0, 0.1) is 0 Å². The van der Waals surface area contributed by atoms with Gasteiger partial charge in [0.1, 0.15) is 12.4 Å². The molecule has 3 aromatic rings. The van der Waals surface area contributed by atoms with Crippen molar-refractivity contribution >= 4 is 12.1 Å². The van der Waals surface area contributed by atoms with Crippen LogP contribution >= 0.6 is 0 Å². The van der Waals surface area contributed by atoms with Crippen molar-refractivity contribution in [2.24, 2.45) is 0 Å². The minimum absolute atomic E-state index is 0.0621. The van der Waals surface area contributed by atoms with Gasteiger partial charge in [-0.15, -0.1) is 0 Å². The van der Waals surface area contributed by atoms with Crippen LogP contribution < -0.4 is 10.1 Å². The summed E-state index contributed by atoms with van der Waals surface area (Å²) in [6, 6.07) is 22.4. The molecule has 4 rings (SSSR count). The summed E-state index contributed by atoms with van der Waals surface area (Å²) in [6.45, 7) is 0.164. The van der Waals surface area contributed by atoms with Crippen LogP contribution in [-0.4, -0.2) is 30.9 Å². The van der Waals surface area contributed by atoms with E-state index in [4.69, 9.17) is 9.47 Å². The molecule has 0 unspecified atom stereocenters. The monoisotopic (exact) mass is 417 g/mol. The fourth-order valence-electron chi connectivity index (χ4n) is 4.07. The van der Waals surface area contributed by atoms with Gasteiger partial charge in [-0.25, -0.2) is 4.79 Å². The Hall–Kier alpha value is -3.80. The van der Waals surface area contributed by atoms with Gasteiger partial charge in [-0.05, 0) is 39.9 Å². The van der Waals surface area contributed by atoms with Crippen LogP contribution in [0.1, 0.15) is 35.1 Å². The van der Waals surface area contributed by atoms with Gasteiger partial charge in [-0.1, -0.05) is 60.7 Å². The first-order valence-electron chi connectivity index (χ1n) is 10.0. The summed E-state index contributed by atoms with van der Waals surface area (Å²) < 4.78 is 10.8. The molecule has 0 radical (unpaired) electrons. The van der Waals surface area contributed by atoms with E-state index in [1.807, 2.05) is 36.4 Å². The van der Waals surface area contributed by atoms with Gasteiger partial charge in [0.05, 0.1) is 19.6 Å². The molecule has 1 aliphatic rings. The van der Waals surface area contributed by atoms with Crippen molar-refractivity contribution in [1.29, 1.82) is 0 Å². The number of carboxylic acid groups (broad SMARTS) is 1. The SMILES string of the molecule is COc1cccc([C@@H](CC(=O)O)NC(=O)OCC2c3ccccc3-c3ccccc32)c1. The molecule has 1 amide bonds. The first-order chi connectivity index (χ1) is 15.1. The van der Waals surface area contributed by atoms with Crippen molar-refractivity contribution in [3.63, 3.8) is 0 Å². The maximum absolute atomic E-state index is 12.6. The number of carboxylic acids is 1. The molecule has 6 nitrogen and oxygen atoms in total. The zero-order valence-electron chi connectivity index (χ0n) is 17.1. The number of amides is 1. The number of fused-ring (bicyclic) bond motifs is 3. The topological polar surface area (TPSA) is 84.9 Å². The molecule has 0 bridgehead atoms. The number of alkyl carbamates (subject to hydrolysis) is 1. The van der Waals surface area contributed by atoms with E-state index in [1.165, 1.54) is 7.11 Å². The molecular formula is C25H23NO5. The highest BCUT2D eigenvalue weighted by molar-refractivity contribution is 5.79. The molecule has 0 aliphatic heterocycles.